The van der Waals surface area contributed by atoms with Gasteiger partial charge in [0.25, 0.3) is 0 Å². The van der Waals surface area contributed by atoms with Gasteiger partial charge in [-0.2, -0.15) is 4.99 Å². The van der Waals surface area contributed by atoms with Crippen LogP contribution in [0, 0.1) is 19.8 Å². The van der Waals surface area contributed by atoms with E-state index in [2.05, 4.69) is 37.4 Å². The maximum absolute atomic E-state index is 5.55. The van der Waals surface area contributed by atoms with Crippen LogP contribution >= 0.6 is 12.2 Å². The molecule has 1 aromatic heterocycles. The largest absolute Gasteiger partial charge is 0.497 e. The zero-order valence-electron chi connectivity index (χ0n) is 18.7. The topological polar surface area (TPSA) is 83.9 Å². The fourth-order valence-electron chi connectivity index (χ4n) is 3.58. The summed E-state index contributed by atoms with van der Waals surface area (Å²) < 4.78 is 10.7. The lowest BCUT2D eigenvalue weighted by molar-refractivity contribution is 0.273. The minimum Gasteiger partial charge on any atom is -0.497 e. The molecule has 0 radical (unpaired) electrons. The van der Waals surface area contributed by atoms with Crippen molar-refractivity contribution in [3.8, 4) is 11.5 Å². The lowest BCUT2D eigenvalue weighted by Gasteiger charge is -2.33. The van der Waals surface area contributed by atoms with Crippen LogP contribution in [0.15, 0.2) is 29.3 Å². The molecule has 1 aliphatic rings. The van der Waals surface area contributed by atoms with Crippen LogP contribution in [0.4, 0.5) is 11.6 Å². The van der Waals surface area contributed by atoms with Crippen molar-refractivity contribution in [3.63, 3.8) is 0 Å². The van der Waals surface area contributed by atoms with Crippen LogP contribution in [0.3, 0.4) is 0 Å². The lowest BCUT2D eigenvalue weighted by Crippen LogP contribution is -2.43. The molecule has 0 aliphatic carbocycles. The Kier molecular flexibility index (Phi) is 7.62. The molecule has 2 heterocycles. The van der Waals surface area contributed by atoms with Crippen molar-refractivity contribution in [2.75, 3.05) is 37.9 Å². The molecule has 9 heteroatoms. The Morgan fingerprint density at radius 1 is 1.13 bits per heavy atom. The molecule has 3 rings (SSSR count). The Morgan fingerprint density at radius 2 is 1.87 bits per heavy atom. The third-order valence-electron chi connectivity index (χ3n) is 5.02. The summed E-state index contributed by atoms with van der Waals surface area (Å²) in [4.78, 5) is 15.9. The Bertz CT molecular complexity index is 945. The molecular formula is C22H30N6O2S. The van der Waals surface area contributed by atoms with Gasteiger partial charge in [-0.15, -0.1) is 0 Å². The second-order valence-electron chi connectivity index (χ2n) is 7.72. The number of aliphatic imine (C=N–C) groups is 1. The second kappa shape index (κ2) is 10.4. The molecule has 31 heavy (non-hydrogen) atoms. The Morgan fingerprint density at radius 3 is 2.52 bits per heavy atom. The maximum atomic E-state index is 5.55. The number of likely N-dealkylation sites (tertiary alicyclic amines) is 1. The van der Waals surface area contributed by atoms with Crippen LogP contribution in [-0.4, -0.2) is 53.2 Å². The number of ether oxygens (including phenoxy) is 2. The summed E-state index contributed by atoms with van der Waals surface area (Å²) in [7, 11) is 3.22. The first-order valence-electron chi connectivity index (χ1n) is 10.3. The molecule has 2 N–H and O–H groups in total. The van der Waals surface area contributed by atoms with E-state index >= 15 is 0 Å². The molecule has 1 atom stereocenters. The Hall–Kier alpha value is -2.94. The van der Waals surface area contributed by atoms with Crippen molar-refractivity contribution in [3.05, 3.63) is 35.7 Å². The van der Waals surface area contributed by atoms with Crippen LogP contribution in [0.2, 0.25) is 0 Å². The smallest absolute Gasteiger partial charge is 0.229 e. The van der Waals surface area contributed by atoms with E-state index in [1.165, 1.54) is 6.42 Å². The number of methoxy groups -OCH3 is 2. The highest BCUT2D eigenvalue weighted by molar-refractivity contribution is 7.80. The average molecular weight is 443 g/mol. The second-order valence-corrected chi connectivity index (χ2v) is 8.11. The third kappa shape index (κ3) is 6.27. The zero-order valence-corrected chi connectivity index (χ0v) is 19.5. The first-order valence-corrected chi connectivity index (χ1v) is 10.7. The van der Waals surface area contributed by atoms with E-state index < -0.39 is 0 Å². The van der Waals surface area contributed by atoms with Gasteiger partial charge in [-0.25, -0.2) is 9.97 Å². The van der Waals surface area contributed by atoms with Crippen LogP contribution in [0.25, 0.3) is 0 Å². The highest BCUT2D eigenvalue weighted by Crippen LogP contribution is 2.29. The minimum absolute atomic E-state index is 0.313. The molecule has 1 aromatic carbocycles. The predicted octanol–water partition coefficient (Wildman–Crippen LogP) is 4.01. The number of benzene rings is 1. The first-order chi connectivity index (χ1) is 14.9. The molecular weight excluding hydrogens is 412 g/mol. The van der Waals surface area contributed by atoms with Gasteiger partial charge >= 0.3 is 0 Å². The molecule has 1 saturated heterocycles. The molecule has 8 nitrogen and oxygen atoms in total. The van der Waals surface area contributed by atoms with Crippen molar-refractivity contribution in [1.82, 2.24) is 14.9 Å². The first kappa shape index (κ1) is 22.7. The molecule has 1 aliphatic heterocycles. The molecule has 0 amide bonds. The van der Waals surface area contributed by atoms with Crippen molar-refractivity contribution < 1.29 is 9.47 Å². The SMILES string of the molecule is COc1ccc(NC(=S)/N=C(/Nc2nc(C)cc(C)n2)N2CCCC(C)C2)c(OC)c1. The van der Waals surface area contributed by atoms with Gasteiger partial charge in [-0.1, -0.05) is 6.92 Å². The summed E-state index contributed by atoms with van der Waals surface area (Å²) in [5, 5.41) is 6.76. The van der Waals surface area contributed by atoms with Crippen molar-refractivity contribution in [2.45, 2.75) is 33.6 Å². The number of aromatic nitrogens is 2. The third-order valence-corrected chi connectivity index (χ3v) is 5.21. The molecule has 1 unspecified atom stereocenters. The molecule has 0 bridgehead atoms. The molecule has 2 aromatic rings. The van der Waals surface area contributed by atoms with Gasteiger partial charge in [0.1, 0.15) is 11.5 Å². The number of piperidine rings is 1. The summed E-state index contributed by atoms with van der Waals surface area (Å²) in [6.07, 6.45) is 2.30. The highest BCUT2D eigenvalue weighted by Gasteiger charge is 2.21. The van der Waals surface area contributed by atoms with Gasteiger partial charge in [0, 0.05) is 30.5 Å². The fourth-order valence-corrected chi connectivity index (χ4v) is 3.78. The van der Waals surface area contributed by atoms with Gasteiger partial charge in [0.2, 0.25) is 17.0 Å². The van der Waals surface area contributed by atoms with Gasteiger partial charge in [-0.3, -0.25) is 5.32 Å². The van der Waals surface area contributed by atoms with E-state index in [1.54, 1.807) is 20.3 Å². The number of nitrogens with zero attached hydrogens (tertiary/aromatic N) is 4. The summed E-state index contributed by atoms with van der Waals surface area (Å²) >= 11 is 5.55. The van der Waals surface area contributed by atoms with E-state index in [0.29, 0.717) is 40.1 Å². The standard InChI is InChI=1S/C22H30N6O2S/c1-14-7-6-10-28(13-14)21(26-20-23-15(2)11-16(3)24-20)27-22(31)25-18-9-8-17(29-4)12-19(18)30-5/h8-9,11-12,14H,6-7,10,13H2,1-5H3,(H2,23,24,25,26,27,31). The van der Waals surface area contributed by atoms with Crippen molar-refractivity contribution in [1.29, 1.82) is 0 Å². The number of anilines is 2. The van der Waals surface area contributed by atoms with E-state index in [4.69, 9.17) is 21.7 Å². The van der Waals surface area contributed by atoms with E-state index in [9.17, 15) is 0 Å². The molecule has 1 fully saturated rings. The minimum atomic E-state index is 0.313. The number of thiocarbonyl (C=S) groups is 1. The Labute approximate surface area is 189 Å². The fraction of sp³-hybridized carbons (Fsp3) is 0.455. The maximum Gasteiger partial charge on any atom is 0.229 e. The van der Waals surface area contributed by atoms with Crippen molar-refractivity contribution >= 4 is 34.9 Å². The number of hydrogen-bond acceptors (Lipinski definition) is 5. The van der Waals surface area contributed by atoms with Crippen LogP contribution < -0.4 is 20.1 Å². The summed E-state index contributed by atoms with van der Waals surface area (Å²) in [6, 6.07) is 7.42. The van der Waals surface area contributed by atoms with E-state index in [1.807, 2.05) is 32.0 Å². The van der Waals surface area contributed by atoms with Gasteiger partial charge < -0.3 is 19.7 Å². The predicted molar refractivity (Wildman–Crippen MR) is 128 cm³/mol. The quantitative estimate of drug-likeness (QED) is 0.418. The summed E-state index contributed by atoms with van der Waals surface area (Å²) in [6.45, 7) is 7.93. The summed E-state index contributed by atoms with van der Waals surface area (Å²) in [5.74, 6) is 3.05. The van der Waals surface area contributed by atoms with Gasteiger partial charge in [0.05, 0.1) is 19.9 Å². The van der Waals surface area contributed by atoms with Gasteiger partial charge in [0.15, 0.2) is 0 Å². The molecule has 166 valence electrons. The van der Waals surface area contributed by atoms with Crippen LogP contribution in [0.5, 0.6) is 11.5 Å². The van der Waals surface area contributed by atoms with E-state index in [0.717, 1.165) is 30.9 Å². The molecule has 0 spiro atoms. The highest BCUT2D eigenvalue weighted by atomic mass is 32.1. The van der Waals surface area contributed by atoms with Crippen molar-refractivity contribution in [2.24, 2.45) is 10.9 Å². The Balaban J connectivity index is 1.86. The van der Waals surface area contributed by atoms with E-state index in [-0.39, 0.29) is 0 Å². The lowest BCUT2D eigenvalue weighted by atomic mass is 10.0. The van der Waals surface area contributed by atoms with Crippen LogP contribution in [-0.2, 0) is 0 Å². The monoisotopic (exact) mass is 442 g/mol. The zero-order chi connectivity index (χ0) is 22.4. The normalized spacial score (nSPS) is 16.6. The average Bonchev–Trinajstić information content (AvgIpc) is 2.73. The molecule has 0 saturated carbocycles. The number of hydrogen-bond donors (Lipinski definition) is 2. The number of rotatable bonds is 4. The number of aryl methyl sites for hydroxylation is 2. The van der Waals surface area contributed by atoms with Gasteiger partial charge in [-0.05, 0) is 63.0 Å². The number of guanidine groups is 1. The van der Waals surface area contributed by atoms with Crippen LogP contribution in [0.1, 0.15) is 31.2 Å². The summed E-state index contributed by atoms with van der Waals surface area (Å²) in [5.41, 5.74) is 2.50. The number of nitrogens with one attached hydrogen (secondary N) is 2.